The molecule has 0 amide bonds. The molecule has 6 heteroatoms. The number of hydrogen-bond acceptors (Lipinski definition) is 5. The third-order valence-corrected chi connectivity index (χ3v) is 2.44. The fourth-order valence-corrected chi connectivity index (χ4v) is 1.48. The molecule has 0 fully saturated rings. The number of nitrogens with zero attached hydrogens (tertiary/aromatic N) is 3. The molecule has 2 rings (SSSR count). The maximum absolute atomic E-state index is 5.83. The van der Waals surface area contributed by atoms with Gasteiger partial charge in [-0.3, -0.25) is 5.43 Å². The van der Waals surface area contributed by atoms with Crippen molar-refractivity contribution < 1.29 is 4.74 Å². The first-order chi connectivity index (χ1) is 8.81. The molecule has 0 atom stereocenters. The van der Waals surface area contributed by atoms with Crippen LogP contribution >= 0.6 is 11.6 Å². The van der Waals surface area contributed by atoms with E-state index < -0.39 is 0 Å². The van der Waals surface area contributed by atoms with Crippen molar-refractivity contribution >= 4 is 23.6 Å². The second-order valence-corrected chi connectivity index (χ2v) is 3.67. The number of rotatable bonds is 4. The first kappa shape index (κ1) is 12.3. The van der Waals surface area contributed by atoms with E-state index in [0.717, 1.165) is 11.3 Å². The van der Waals surface area contributed by atoms with Gasteiger partial charge in [-0.15, -0.1) is 0 Å². The number of anilines is 1. The molecule has 0 bridgehead atoms. The molecule has 0 radical (unpaired) electrons. The maximum atomic E-state index is 5.83. The molecule has 5 nitrogen and oxygen atoms in total. The number of ether oxygens (including phenoxy) is 1. The summed E-state index contributed by atoms with van der Waals surface area (Å²) in [5.41, 5.74) is 3.58. The van der Waals surface area contributed by atoms with Gasteiger partial charge in [0.25, 0.3) is 0 Å². The molecule has 1 N–H and O–H groups in total. The molecule has 0 unspecified atom stereocenters. The summed E-state index contributed by atoms with van der Waals surface area (Å²) < 4.78 is 5.20. The Morgan fingerprint density at radius 2 is 2.06 bits per heavy atom. The second-order valence-electron chi connectivity index (χ2n) is 3.31. The smallest absolute Gasteiger partial charge is 0.184 e. The van der Waals surface area contributed by atoms with Crippen molar-refractivity contribution in [2.24, 2.45) is 5.10 Å². The van der Waals surface area contributed by atoms with Gasteiger partial charge in [0.1, 0.15) is 5.75 Å². The number of hydrazone groups is 1. The Hall–Kier alpha value is -2.14. The monoisotopic (exact) mass is 262 g/mol. The molecule has 0 spiro atoms. The molecule has 1 heterocycles. The molecule has 0 saturated heterocycles. The summed E-state index contributed by atoms with van der Waals surface area (Å²) in [5.74, 6) is 1.15. The van der Waals surface area contributed by atoms with Gasteiger partial charge in [-0.1, -0.05) is 23.7 Å². The first-order valence-electron chi connectivity index (χ1n) is 5.20. The molecule has 1 aromatic heterocycles. The Kier molecular flexibility index (Phi) is 4.09. The minimum atomic E-state index is 0.273. The van der Waals surface area contributed by atoms with Crippen LogP contribution in [0.15, 0.2) is 41.8 Å². The highest BCUT2D eigenvalue weighted by atomic mass is 35.5. The molecule has 0 aliphatic rings. The minimum Gasteiger partial charge on any atom is -0.496 e. The molecule has 92 valence electrons. The van der Waals surface area contributed by atoms with E-state index in [0.29, 0.717) is 5.82 Å². The number of para-hydroxylation sites is 1. The Morgan fingerprint density at radius 1 is 1.28 bits per heavy atom. The SMILES string of the molecule is COc1ccccc1/C=N\Nc1nccnc1Cl. The van der Waals surface area contributed by atoms with Crippen LogP contribution in [0.25, 0.3) is 0 Å². The van der Waals surface area contributed by atoms with E-state index >= 15 is 0 Å². The molecule has 2 aromatic rings. The Morgan fingerprint density at radius 3 is 2.83 bits per heavy atom. The summed E-state index contributed by atoms with van der Waals surface area (Å²) in [4.78, 5) is 7.88. The van der Waals surface area contributed by atoms with Crippen LogP contribution in [0, 0.1) is 0 Å². The van der Waals surface area contributed by atoms with E-state index in [4.69, 9.17) is 16.3 Å². The highest BCUT2D eigenvalue weighted by Crippen LogP contribution is 2.16. The fourth-order valence-electron chi connectivity index (χ4n) is 1.33. The zero-order chi connectivity index (χ0) is 12.8. The van der Waals surface area contributed by atoms with E-state index in [1.165, 1.54) is 12.4 Å². The van der Waals surface area contributed by atoms with Gasteiger partial charge >= 0.3 is 0 Å². The lowest BCUT2D eigenvalue weighted by molar-refractivity contribution is 0.414. The van der Waals surface area contributed by atoms with Gasteiger partial charge in [-0.2, -0.15) is 5.10 Å². The van der Waals surface area contributed by atoms with E-state index in [2.05, 4.69) is 20.5 Å². The number of benzene rings is 1. The van der Waals surface area contributed by atoms with E-state index in [1.54, 1.807) is 13.3 Å². The van der Waals surface area contributed by atoms with Crippen molar-refractivity contribution in [3.63, 3.8) is 0 Å². The summed E-state index contributed by atoms with van der Waals surface area (Å²) in [5, 5.41) is 4.31. The number of methoxy groups -OCH3 is 1. The van der Waals surface area contributed by atoms with Gasteiger partial charge in [0, 0.05) is 18.0 Å². The summed E-state index contributed by atoms with van der Waals surface area (Å²) >= 11 is 5.83. The second kappa shape index (κ2) is 5.97. The van der Waals surface area contributed by atoms with Crippen molar-refractivity contribution in [1.82, 2.24) is 9.97 Å². The number of nitrogens with one attached hydrogen (secondary N) is 1. The predicted octanol–water partition coefficient (Wildman–Crippen LogP) is 2.58. The number of aromatic nitrogens is 2. The average Bonchev–Trinajstić information content (AvgIpc) is 2.41. The third kappa shape index (κ3) is 2.95. The molecule has 0 aliphatic carbocycles. The van der Waals surface area contributed by atoms with Gasteiger partial charge < -0.3 is 4.74 Å². The Balaban J connectivity index is 2.10. The topological polar surface area (TPSA) is 59.4 Å². The normalized spacial score (nSPS) is 10.6. The Labute approximate surface area is 109 Å². The summed E-state index contributed by atoms with van der Waals surface area (Å²) in [6.45, 7) is 0. The van der Waals surface area contributed by atoms with Crippen molar-refractivity contribution in [1.29, 1.82) is 0 Å². The maximum Gasteiger partial charge on any atom is 0.184 e. The van der Waals surface area contributed by atoms with E-state index in [9.17, 15) is 0 Å². The molecular formula is C12H11ClN4O. The van der Waals surface area contributed by atoms with E-state index in [1.807, 2.05) is 24.3 Å². The highest BCUT2D eigenvalue weighted by molar-refractivity contribution is 6.31. The van der Waals surface area contributed by atoms with E-state index in [-0.39, 0.29) is 5.15 Å². The fraction of sp³-hybridized carbons (Fsp3) is 0.0833. The lowest BCUT2D eigenvalue weighted by Gasteiger charge is -2.03. The van der Waals surface area contributed by atoms with Gasteiger partial charge in [-0.25, -0.2) is 9.97 Å². The van der Waals surface area contributed by atoms with Crippen molar-refractivity contribution in [3.05, 3.63) is 47.4 Å². The lowest BCUT2D eigenvalue weighted by Crippen LogP contribution is -1.96. The standard InChI is InChI=1S/C12H11ClN4O/c1-18-10-5-3-2-4-9(10)8-16-17-12-11(13)14-6-7-15-12/h2-8H,1H3,(H,15,17)/b16-8-. The van der Waals surface area contributed by atoms with Crippen LogP contribution in [0.5, 0.6) is 5.75 Å². The highest BCUT2D eigenvalue weighted by Gasteiger charge is 2.00. The minimum absolute atomic E-state index is 0.273. The van der Waals surface area contributed by atoms with Crippen LogP contribution < -0.4 is 10.2 Å². The van der Waals surface area contributed by atoms with Gasteiger partial charge in [-0.05, 0) is 12.1 Å². The third-order valence-electron chi connectivity index (χ3n) is 2.17. The molecule has 0 aliphatic heterocycles. The average molecular weight is 263 g/mol. The van der Waals surface area contributed by atoms with Crippen LogP contribution in [0.3, 0.4) is 0 Å². The number of hydrogen-bond donors (Lipinski definition) is 1. The van der Waals surface area contributed by atoms with Crippen molar-refractivity contribution in [2.75, 3.05) is 12.5 Å². The largest absolute Gasteiger partial charge is 0.496 e. The predicted molar refractivity (Wildman–Crippen MR) is 71.3 cm³/mol. The Bertz CT molecular complexity index is 559. The van der Waals surface area contributed by atoms with Crippen molar-refractivity contribution in [3.8, 4) is 5.75 Å². The van der Waals surface area contributed by atoms with Gasteiger partial charge in [0.15, 0.2) is 11.0 Å². The quantitative estimate of drug-likeness (QED) is 0.680. The van der Waals surface area contributed by atoms with Crippen molar-refractivity contribution in [2.45, 2.75) is 0 Å². The van der Waals surface area contributed by atoms with Gasteiger partial charge in [0.05, 0.1) is 13.3 Å². The zero-order valence-electron chi connectivity index (χ0n) is 9.67. The lowest BCUT2D eigenvalue weighted by atomic mass is 10.2. The molecule has 0 saturated carbocycles. The molecular weight excluding hydrogens is 252 g/mol. The van der Waals surface area contributed by atoms with Crippen LogP contribution in [0.2, 0.25) is 5.15 Å². The number of halogens is 1. The van der Waals surface area contributed by atoms with Crippen LogP contribution in [-0.4, -0.2) is 23.3 Å². The summed E-state index contributed by atoms with van der Waals surface area (Å²) in [7, 11) is 1.61. The first-order valence-corrected chi connectivity index (χ1v) is 5.57. The van der Waals surface area contributed by atoms with Gasteiger partial charge in [0.2, 0.25) is 0 Å². The van der Waals surface area contributed by atoms with Crippen LogP contribution in [-0.2, 0) is 0 Å². The molecule has 18 heavy (non-hydrogen) atoms. The zero-order valence-corrected chi connectivity index (χ0v) is 10.4. The van der Waals surface area contributed by atoms with Crippen LogP contribution in [0.1, 0.15) is 5.56 Å². The van der Waals surface area contributed by atoms with Crippen LogP contribution in [0.4, 0.5) is 5.82 Å². The molecule has 1 aromatic carbocycles. The summed E-state index contributed by atoms with van der Waals surface area (Å²) in [6, 6.07) is 7.54. The summed E-state index contributed by atoms with van der Waals surface area (Å²) in [6.07, 6.45) is 4.67.